The first-order chi connectivity index (χ1) is 9.95. The van der Waals surface area contributed by atoms with Crippen LogP contribution in [0.4, 0.5) is 4.39 Å². The fourth-order valence-corrected chi connectivity index (χ4v) is 2.54. The third-order valence-corrected chi connectivity index (χ3v) is 4.05. The van der Waals surface area contributed by atoms with Crippen molar-refractivity contribution in [2.75, 3.05) is 0 Å². The number of carboxylic acid groups (broad SMARTS) is 1. The third-order valence-electron chi connectivity index (χ3n) is 3.52. The van der Waals surface area contributed by atoms with Gasteiger partial charge in [-0.25, -0.2) is 4.39 Å². The van der Waals surface area contributed by atoms with Gasteiger partial charge in [0.15, 0.2) is 0 Å². The Balaban J connectivity index is 2.17. The van der Waals surface area contributed by atoms with Crippen molar-refractivity contribution < 1.29 is 14.3 Å². The van der Waals surface area contributed by atoms with Crippen LogP contribution < -0.4 is 0 Å². The van der Waals surface area contributed by atoms with Crippen LogP contribution in [0.2, 0.25) is 0 Å². The highest BCUT2D eigenvalue weighted by molar-refractivity contribution is 9.10. The molecule has 1 N–H and O–H groups in total. The highest BCUT2D eigenvalue weighted by Gasteiger charge is 2.19. The minimum absolute atomic E-state index is 0.328. The number of hydrogen-bond donors (Lipinski definition) is 1. The zero-order chi connectivity index (χ0) is 15.4. The summed E-state index contributed by atoms with van der Waals surface area (Å²) in [5, 5.41) is 9.41. The standard InChI is InChI=1S/C17H16BrFO2/c1-11-2-7-16(19)10-13(11)9-14(17(20)21)8-12-3-5-15(18)6-4-12/h2-7,10,14H,8-9H2,1H3,(H,20,21). The van der Waals surface area contributed by atoms with Crippen LogP contribution in [0.15, 0.2) is 46.9 Å². The summed E-state index contributed by atoms with van der Waals surface area (Å²) in [4.78, 5) is 11.5. The third kappa shape index (κ3) is 4.39. The van der Waals surface area contributed by atoms with E-state index in [0.717, 1.165) is 21.2 Å². The van der Waals surface area contributed by atoms with E-state index in [4.69, 9.17) is 0 Å². The molecule has 0 spiro atoms. The molecule has 0 radical (unpaired) electrons. The van der Waals surface area contributed by atoms with E-state index in [1.807, 2.05) is 31.2 Å². The molecule has 4 heteroatoms. The first-order valence-corrected chi connectivity index (χ1v) is 7.47. The summed E-state index contributed by atoms with van der Waals surface area (Å²) in [6.07, 6.45) is 0.757. The second-order valence-corrected chi connectivity index (χ2v) is 6.06. The number of aliphatic carboxylic acids is 1. The highest BCUT2D eigenvalue weighted by atomic mass is 79.9. The van der Waals surface area contributed by atoms with Gasteiger partial charge >= 0.3 is 5.97 Å². The van der Waals surface area contributed by atoms with Crippen LogP contribution in [0.1, 0.15) is 16.7 Å². The highest BCUT2D eigenvalue weighted by Crippen LogP contribution is 2.20. The SMILES string of the molecule is Cc1ccc(F)cc1CC(Cc1ccc(Br)cc1)C(=O)O. The predicted octanol–water partition coefficient (Wildman–Crippen LogP) is 4.38. The van der Waals surface area contributed by atoms with Crippen molar-refractivity contribution in [1.82, 2.24) is 0 Å². The number of carboxylic acids is 1. The molecule has 0 amide bonds. The van der Waals surface area contributed by atoms with E-state index < -0.39 is 11.9 Å². The molecule has 0 saturated carbocycles. The van der Waals surface area contributed by atoms with Crippen LogP contribution in [0.25, 0.3) is 0 Å². The van der Waals surface area contributed by atoms with Gasteiger partial charge in [0.2, 0.25) is 0 Å². The largest absolute Gasteiger partial charge is 0.481 e. The van der Waals surface area contributed by atoms with Crippen LogP contribution in [0, 0.1) is 18.7 Å². The first-order valence-electron chi connectivity index (χ1n) is 6.68. The minimum atomic E-state index is -0.860. The molecule has 1 unspecified atom stereocenters. The normalized spacial score (nSPS) is 12.1. The van der Waals surface area contributed by atoms with E-state index in [1.165, 1.54) is 12.1 Å². The molecular weight excluding hydrogens is 335 g/mol. The Bertz CT molecular complexity index is 638. The molecule has 2 aromatic rings. The van der Waals surface area contributed by atoms with Crippen molar-refractivity contribution in [1.29, 1.82) is 0 Å². The summed E-state index contributed by atoms with van der Waals surface area (Å²) in [5.74, 6) is -1.75. The Morgan fingerprint density at radius 2 is 1.86 bits per heavy atom. The van der Waals surface area contributed by atoms with Gasteiger partial charge in [-0.3, -0.25) is 4.79 Å². The number of benzene rings is 2. The topological polar surface area (TPSA) is 37.3 Å². The number of rotatable bonds is 5. The van der Waals surface area contributed by atoms with E-state index in [2.05, 4.69) is 15.9 Å². The molecule has 0 aliphatic rings. The molecule has 110 valence electrons. The molecule has 2 nitrogen and oxygen atoms in total. The molecule has 0 bridgehead atoms. The fourth-order valence-electron chi connectivity index (χ4n) is 2.28. The van der Waals surface area contributed by atoms with Gasteiger partial charge in [-0.15, -0.1) is 0 Å². The zero-order valence-corrected chi connectivity index (χ0v) is 13.2. The smallest absolute Gasteiger partial charge is 0.307 e. The van der Waals surface area contributed by atoms with Crippen molar-refractivity contribution in [3.05, 3.63) is 69.4 Å². The molecule has 2 rings (SSSR count). The average Bonchev–Trinajstić information content (AvgIpc) is 2.44. The molecule has 0 aromatic heterocycles. The van der Waals surface area contributed by atoms with Crippen molar-refractivity contribution in [2.45, 2.75) is 19.8 Å². The van der Waals surface area contributed by atoms with Crippen LogP contribution in [0.5, 0.6) is 0 Å². The maximum atomic E-state index is 13.3. The van der Waals surface area contributed by atoms with Crippen LogP contribution in [0.3, 0.4) is 0 Å². The molecule has 2 aromatic carbocycles. The van der Waals surface area contributed by atoms with E-state index >= 15 is 0 Å². The molecular formula is C17H16BrFO2. The molecule has 0 aliphatic carbocycles. The summed E-state index contributed by atoms with van der Waals surface area (Å²) >= 11 is 3.35. The zero-order valence-electron chi connectivity index (χ0n) is 11.6. The Labute approximate surface area is 131 Å². The van der Waals surface area contributed by atoms with Crippen molar-refractivity contribution in [3.8, 4) is 0 Å². The lowest BCUT2D eigenvalue weighted by Gasteiger charge is -2.14. The number of hydrogen-bond acceptors (Lipinski definition) is 1. The van der Waals surface area contributed by atoms with Gasteiger partial charge in [0, 0.05) is 4.47 Å². The maximum Gasteiger partial charge on any atom is 0.307 e. The van der Waals surface area contributed by atoms with Crippen molar-refractivity contribution in [3.63, 3.8) is 0 Å². The van der Waals surface area contributed by atoms with Gasteiger partial charge in [-0.2, -0.15) is 0 Å². The number of carbonyl (C=O) groups is 1. The fraction of sp³-hybridized carbons (Fsp3) is 0.235. The Hall–Kier alpha value is -1.68. The first kappa shape index (κ1) is 15.7. The van der Waals surface area contributed by atoms with Gasteiger partial charge in [0.25, 0.3) is 0 Å². The predicted molar refractivity (Wildman–Crippen MR) is 83.8 cm³/mol. The number of halogens is 2. The summed E-state index contributed by atoms with van der Waals surface area (Å²) in [6.45, 7) is 1.87. The molecule has 1 atom stereocenters. The summed E-state index contributed by atoms with van der Waals surface area (Å²) in [7, 11) is 0. The summed E-state index contributed by atoms with van der Waals surface area (Å²) < 4.78 is 14.3. The summed E-state index contributed by atoms with van der Waals surface area (Å²) in [6, 6.07) is 12.1. The Morgan fingerprint density at radius 1 is 1.19 bits per heavy atom. The Kier molecular flexibility index (Phi) is 5.12. The molecule has 0 heterocycles. The average molecular weight is 351 g/mol. The molecule has 0 fully saturated rings. The van der Waals surface area contributed by atoms with E-state index in [9.17, 15) is 14.3 Å². The van der Waals surface area contributed by atoms with E-state index in [1.54, 1.807) is 6.07 Å². The second kappa shape index (κ2) is 6.85. The number of aryl methyl sites for hydroxylation is 1. The van der Waals surface area contributed by atoms with Crippen molar-refractivity contribution >= 4 is 21.9 Å². The second-order valence-electron chi connectivity index (χ2n) is 5.14. The van der Waals surface area contributed by atoms with Gasteiger partial charge in [-0.1, -0.05) is 34.1 Å². The van der Waals surface area contributed by atoms with Crippen molar-refractivity contribution in [2.24, 2.45) is 5.92 Å². The van der Waals surface area contributed by atoms with Crippen LogP contribution in [-0.2, 0) is 17.6 Å². The summed E-state index contributed by atoms with van der Waals surface area (Å²) in [5.41, 5.74) is 2.62. The van der Waals surface area contributed by atoms with Crippen LogP contribution in [-0.4, -0.2) is 11.1 Å². The lowest BCUT2D eigenvalue weighted by atomic mass is 9.91. The van der Waals surface area contributed by atoms with E-state index in [-0.39, 0.29) is 5.82 Å². The van der Waals surface area contributed by atoms with Crippen LogP contribution >= 0.6 is 15.9 Å². The maximum absolute atomic E-state index is 13.3. The van der Waals surface area contributed by atoms with Gasteiger partial charge in [0.05, 0.1) is 5.92 Å². The molecule has 21 heavy (non-hydrogen) atoms. The van der Waals surface area contributed by atoms with E-state index in [0.29, 0.717) is 12.8 Å². The monoisotopic (exact) mass is 350 g/mol. The van der Waals surface area contributed by atoms with Gasteiger partial charge < -0.3 is 5.11 Å². The Morgan fingerprint density at radius 3 is 2.48 bits per heavy atom. The van der Waals surface area contributed by atoms with Gasteiger partial charge in [0.1, 0.15) is 5.82 Å². The minimum Gasteiger partial charge on any atom is -0.481 e. The quantitative estimate of drug-likeness (QED) is 0.868. The lowest BCUT2D eigenvalue weighted by molar-refractivity contribution is -0.141. The van der Waals surface area contributed by atoms with Gasteiger partial charge in [-0.05, 0) is 60.7 Å². The molecule has 0 aliphatic heterocycles. The molecule has 0 saturated heterocycles. The lowest BCUT2D eigenvalue weighted by Crippen LogP contribution is -2.19.